The molecule has 2 aromatic rings. The molecule has 0 atom stereocenters. The third-order valence-electron chi connectivity index (χ3n) is 2.24. The molecule has 0 aliphatic heterocycles. The normalized spacial score (nSPS) is 10.2. The van der Waals surface area contributed by atoms with E-state index in [4.69, 9.17) is 16.7 Å². The van der Waals surface area contributed by atoms with Crippen LogP contribution in [0.5, 0.6) is 0 Å². The number of anilines is 1. The van der Waals surface area contributed by atoms with Crippen molar-refractivity contribution in [3.63, 3.8) is 0 Å². The van der Waals surface area contributed by atoms with Crippen molar-refractivity contribution in [2.75, 3.05) is 5.32 Å². The number of aromatic carboxylic acids is 1. The summed E-state index contributed by atoms with van der Waals surface area (Å²) in [6.45, 7) is 0. The zero-order chi connectivity index (χ0) is 14.0. The summed E-state index contributed by atoms with van der Waals surface area (Å²) in [5.74, 6) is -1.33. The molecule has 1 aromatic carbocycles. The first-order valence-corrected chi connectivity index (χ1v) is 7.34. The number of carboxylic acid groups (broad SMARTS) is 1. The fourth-order valence-electron chi connectivity index (χ4n) is 1.34. The van der Waals surface area contributed by atoms with E-state index in [9.17, 15) is 9.59 Å². The van der Waals surface area contributed by atoms with Gasteiger partial charge in [0.1, 0.15) is 4.88 Å². The standard InChI is InChI=1S/C12H7ClINO3S/c13-7-5-6(1-2-8(7)14)11(16)15-10-4-3-9(19-10)12(17)18/h1-5H,(H,15,16)(H,17,18). The van der Waals surface area contributed by atoms with Crippen molar-refractivity contribution < 1.29 is 14.7 Å². The second kappa shape index (κ2) is 5.89. The highest BCUT2D eigenvalue weighted by molar-refractivity contribution is 14.1. The predicted octanol–water partition coefficient (Wildman–Crippen LogP) is 3.96. The molecule has 1 heterocycles. The lowest BCUT2D eigenvalue weighted by molar-refractivity contribution is 0.0702. The van der Waals surface area contributed by atoms with Gasteiger partial charge in [-0.3, -0.25) is 4.79 Å². The van der Waals surface area contributed by atoms with Crippen LogP contribution in [0.4, 0.5) is 5.00 Å². The average Bonchev–Trinajstić information content (AvgIpc) is 2.81. The summed E-state index contributed by atoms with van der Waals surface area (Å²) >= 11 is 9.02. The quantitative estimate of drug-likeness (QED) is 0.757. The Morgan fingerprint density at radius 1 is 1.26 bits per heavy atom. The molecule has 0 aliphatic rings. The highest BCUT2D eigenvalue weighted by Gasteiger charge is 2.11. The van der Waals surface area contributed by atoms with Crippen LogP contribution in [0.1, 0.15) is 20.0 Å². The smallest absolute Gasteiger partial charge is 0.345 e. The third kappa shape index (κ3) is 3.46. The van der Waals surface area contributed by atoms with Gasteiger partial charge in [-0.2, -0.15) is 0 Å². The van der Waals surface area contributed by atoms with Gasteiger partial charge in [0.2, 0.25) is 0 Å². The lowest BCUT2D eigenvalue weighted by Crippen LogP contribution is -2.10. The molecule has 7 heteroatoms. The highest BCUT2D eigenvalue weighted by atomic mass is 127. The molecule has 0 saturated heterocycles. The van der Waals surface area contributed by atoms with E-state index in [-0.39, 0.29) is 10.8 Å². The van der Waals surface area contributed by atoms with Gasteiger partial charge in [0.15, 0.2) is 0 Å². The maximum atomic E-state index is 11.9. The minimum absolute atomic E-state index is 0.177. The van der Waals surface area contributed by atoms with Gasteiger partial charge in [0.05, 0.1) is 10.0 Å². The summed E-state index contributed by atoms with van der Waals surface area (Å²) < 4.78 is 0.861. The molecule has 2 N–H and O–H groups in total. The molecular weight excluding hydrogens is 401 g/mol. The number of thiophene rings is 1. The molecule has 0 fully saturated rings. The van der Waals surface area contributed by atoms with Crippen LogP contribution in [0.3, 0.4) is 0 Å². The maximum absolute atomic E-state index is 11.9. The van der Waals surface area contributed by atoms with Gasteiger partial charge in [-0.05, 0) is 52.9 Å². The van der Waals surface area contributed by atoms with Gasteiger partial charge in [0.25, 0.3) is 5.91 Å². The van der Waals surface area contributed by atoms with Crippen molar-refractivity contribution in [3.05, 3.63) is 49.4 Å². The Labute approximate surface area is 131 Å². The van der Waals surface area contributed by atoms with Crippen LogP contribution in [0.2, 0.25) is 5.02 Å². The van der Waals surface area contributed by atoms with Crippen molar-refractivity contribution in [1.82, 2.24) is 0 Å². The predicted molar refractivity (Wildman–Crippen MR) is 83.4 cm³/mol. The van der Waals surface area contributed by atoms with E-state index in [1.807, 2.05) is 0 Å². The molecule has 0 unspecified atom stereocenters. The molecular formula is C12H7ClINO3S. The number of carbonyl (C=O) groups is 2. The van der Waals surface area contributed by atoms with E-state index >= 15 is 0 Å². The van der Waals surface area contributed by atoms with Crippen molar-refractivity contribution in [1.29, 1.82) is 0 Å². The number of rotatable bonds is 3. The van der Waals surface area contributed by atoms with Crippen molar-refractivity contribution in [2.45, 2.75) is 0 Å². The van der Waals surface area contributed by atoms with Crippen molar-refractivity contribution in [3.8, 4) is 0 Å². The highest BCUT2D eigenvalue weighted by Crippen LogP contribution is 2.24. The van der Waals surface area contributed by atoms with Gasteiger partial charge < -0.3 is 10.4 Å². The molecule has 1 amide bonds. The Morgan fingerprint density at radius 2 is 2.00 bits per heavy atom. The molecule has 98 valence electrons. The van der Waals surface area contributed by atoms with Crippen LogP contribution < -0.4 is 5.32 Å². The van der Waals surface area contributed by atoms with E-state index in [2.05, 4.69) is 27.9 Å². The van der Waals surface area contributed by atoms with E-state index in [1.165, 1.54) is 6.07 Å². The molecule has 0 radical (unpaired) electrons. The van der Waals surface area contributed by atoms with Crippen molar-refractivity contribution in [2.24, 2.45) is 0 Å². The second-order valence-electron chi connectivity index (χ2n) is 3.55. The van der Waals surface area contributed by atoms with Gasteiger partial charge in [0, 0.05) is 9.13 Å². The number of amides is 1. The Bertz CT molecular complexity index is 656. The minimum atomic E-state index is -1.01. The number of benzene rings is 1. The number of nitrogens with one attached hydrogen (secondary N) is 1. The second-order valence-corrected chi connectivity index (χ2v) is 6.21. The fraction of sp³-hybridized carbons (Fsp3) is 0. The molecule has 0 aliphatic carbocycles. The first-order valence-electron chi connectivity index (χ1n) is 5.07. The van der Waals surface area contributed by atoms with Crippen LogP contribution in [0, 0.1) is 3.57 Å². The van der Waals surface area contributed by atoms with Crippen LogP contribution >= 0.6 is 45.5 Å². The number of carbonyl (C=O) groups excluding carboxylic acids is 1. The lowest BCUT2D eigenvalue weighted by Gasteiger charge is -2.03. The minimum Gasteiger partial charge on any atom is -0.477 e. The topological polar surface area (TPSA) is 66.4 Å². The Hall–Kier alpha value is -1.12. The van der Waals surface area contributed by atoms with Gasteiger partial charge in [-0.1, -0.05) is 11.6 Å². The van der Waals surface area contributed by atoms with Crippen LogP contribution in [-0.2, 0) is 0 Å². The third-order valence-corrected chi connectivity index (χ3v) is 4.80. The number of carboxylic acids is 1. The zero-order valence-electron chi connectivity index (χ0n) is 9.31. The van der Waals surface area contributed by atoms with E-state index < -0.39 is 5.97 Å². The molecule has 2 rings (SSSR count). The average molecular weight is 408 g/mol. The van der Waals surface area contributed by atoms with Gasteiger partial charge in [-0.15, -0.1) is 11.3 Å². The Balaban J connectivity index is 2.15. The van der Waals surface area contributed by atoms with Gasteiger partial charge in [-0.25, -0.2) is 4.79 Å². The Morgan fingerprint density at radius 3 is 2.58 bits per heavy atom. The fourth-order valence-corrected chi connectivity index (χ4v) is 2.60. The summed E-state index contributed by atoms with van der Waals surface area (Å²) in [6, 6.07) is 7.98. The van der Waals surface area contributed by atoms with E-state index in [1.54, 1.807) is 24.3 Å². The number of halogens is 2. The van der Waals surface area contributed by atoms with Crippen molar-refractivity contribution >= 4 is 62.4 Å². The van der Waals surface area contributed by atoms with Crippen LogP contribution in [0.15, 0.2) is 30.3 Å². The Kier molecular flexibility index (Phi) is 4.43. The van der Waals surface area contributed by atoms with E-state index in [0.717, 1.165) is 14.9 Å². The monoisotopic (exact) mass is 407 g/mol. The summed E-state index contributed by atoms with van der Waals surface area (Å²) in [4.78, 5) is 22.9. The first-order chi connectivity index (χ1) is 8.97. The SMILES string of the molecule is O=C(Nc1ccc(C(=O)O)s1)c1ccc(I)c(Cl)c1. The number of hydrogen-bond donors (Lipinski definition) is 2. The van der Waals surface area contributed by atoms with E-state index in [0.29, 0.717) is 15.6 Å². The molecule has 19 heavy (non-hydrogen) atoms. The maximum Gasteiger partial charge on any atom is 0.345 e. The zero-order valence-corrected chi connectivity index (χ0v) is 13.0. The molecule has 0 spiro atoms. The summed E-state index contributed by atoms with van der Waals surface area (Å²) in [7, 11) is 0. The first kappa shape index (κ1) is 14.3. The summed E-state index contributed by atoms with van der Waals surface area (Å²) in [5, 5.41) is 12.4. The molecule has 0 saturated carbocycles. The summed E-state index contributed by atoms with van der Waals surface area (Å²) in [6.07, 6.45) is 0. The molecule has 4 nitrogen and oxygen atoms in total. The van der Waals surface area contributed by atoms with Crippen LogP contribution in [0.25, 0.3) is 0 Å². The lowest BCUT2D eigenvalue weighted by atomic mass is 10.2. The van der Waals surface area contributed by atoms with Crippen LogP contribution in [-0.4, -0.2) is 17.0 Å². The number of hydrogen-bond acceptors (Lipinski definition) is 3. The summed E-state index contributed by atoms with van der Waals surface area (Å²) in [5.41, 5.74) is 0.427. The largest absolute Gasteiger partial charge is 0.477 e. The van der Waals surface area contributed by atoms with Gasteiger partial charge >= 0.3 is 5.97 Å². The molecule has 1 aromatic heterocycles. The molecule has 0 bridgehead atoms.